The Morgan fingerprint density at radius 1 is 1.53 bits per heavy atom. The molecule has 6 nitrogen and oxygen atoms in total. The summed E-state index contributed by atoms with van der Waals surface area (Å²) in [7, 11) is 0. The van der Waals surface area contributed by atoms with Crippen LogP contribution < -0.4 is 4.74 Å². The van der Waals surface area contributed by atoms with E-state index in [0.717, 1.165) is 0 Å². The molecule has 0 spiro atoms. The van der Waals surface area contributed by atoms with Crippen LogP contribution in [0, 0.1) is 10.1 Å². The van der Waals surface area contributed by atoms with E-state index in [1.165, 1.54) is 18.2 Å². The summed E-state index contributed by atoms with van der Waals surface area (Å²) >= 11 is 5.90. The third kappa shape index (κ3) is 2.85. The molecular weight excluding hydrogens is 274 g/mol. The Morgan fingerprint density at radius 3 is 2.79 bits per heavy atom. The molecule has 1 fully saturated rings. The zero-order valence-electron chi connectivity index (χ0n) is 10.2. The second kappa shape index (κ2) is 5.54. The van der Waals surface area contributed by atoms with E-state index >= 15 is 0 Å². The zero-order valence-corrected chi connectivity index (χ0v) is 10.9. The van der Waals surface area contributed by atoms with Gasteiger partial charge in [-0.05, 0) is 13.0 Å². The fourth-order valence-electron chi connectivity index (χ4n) is 1.81. The number of hydrogen-bond acceptors (Lipinski definition) is 5. The van der Waals surface area contributed by atoms with Crippen LogP contribution in [0.5, 0.6) is 5.75 Å². The second-order valence-corrected chi connectivity index (χ2v) is 4.48. The summed E-state index contributed by atoms with van der Waals surface area (Å²) in [6.45, 7) is 2.21. The van der Waals surface area contributed by atoms with Crippen molar-refractivity contribution in [3.05, 3.63) is 33.3 Å². The van der Waals surface area contributed by atoms with Gasteiger partial charge in [0.2, 0.25) is 0 Å². The lowest BCUT2D eigenvalue weighted by molar-refractivity contribution is -0.384. The van der Waals surface area contributed by atoms with Crippen molar-refractivity contribution in [3.8, 4) is 5.75 Å². The van der Waals surface area contributed by atoms with E-state index in [-0.39, 0.29) is 29.0 Å². The van der Waals surface area contributed by atoms with Gasteiger partial charge >= 0.3 is 0 Å². The number of nitro groups is 1. The van der Waals surface area contributed by atoms with Gasteiger partial charge in [0, 0.05) is 25.2 Å². The Hall–Kier alpha value is -1.66. The quantitative estimate of drug-likeness (QED) is 0.613. The van der Waals surface area contributed by atoms with Crippen LogP contribution in [-0.4, -0.2) is 29.5 Å². The summed E-state index contributed by atoms with van der Waals surface area (Å²) in [4.78, 5) is 21.4. The molecule has 1 saturated carbocycles. The molecule has 7 heteroatoms. The van der Waals surface area contributed by atoms with Gasteiger partial charge in [0.15, 0.2) is 11.9 Å². The fourth-order valence-corrected chi connectivity index (χ4v) is 2.03. The summed E-state index contributed by atoms with van der Waals surface area (Å²) in [6.07, 6.45) is -0.694. The minimum absolute atomic E-state index is 0.00937. The number of carbonyl (C=O) groups is 1. The monoisotopic (exact) mass is 285 g/mol. The van der Waals surface area contributed by atoms with Crippen LogP contribution in [0.3, 0.4) is 0 Å². The summed E-state index contributed by atoms with van der Waals surface area (Å²) in [5, 5.41) is 10.7. The Morgan fingerprint density at radius 2 is 2.26 bits per heavy atom. The van der Waals surface area contributed by atoms with Gasteiger partial charge in [-0.25, -0.2) is 0 Å². The van der Waals surface area contributed by atoms with Gasteiger partial charge in [0.1, 0.15) is 11.9 Å². The average Bonchev–Trinajstić information content (AvgIpc) is 2.37. The number of non-ortho nitro benzene ring substituents is 1. The van der Waals surface area contributed by atoms with Crippen LogP contribution in [0.1, 0.15) is 13.3 Å². The number of hydrogen-bond donors (Lipinski definition) is 0. The molecule has 0 saturated heterocycles. The highest BCUT2D eigenvalue weighted by Gasteiger charge is 2.42. The van der Waals surface area contributed by atoms with Crippen molar-refractivity contribution in [1.29, 1.82) is 0 Å². The first kappa shape index (κ1) is 13.8. The highest BCUT2D eigenvalue weighted by molar-refractivity contribution is 6.32. The molecule has 0 aromatic heterocycles. The standard InChI is InChI=1S/C12H12ClNO5/c1-2-18-12-9(15)6-11(12)19-10-4-3-7(14(16)17)5-8(10)13/h3-5,11-12H,2,6H2,1H3. The highest BCUT2D eigenvalue weighted by Crippen LogP contribution is 2.33. The van der Waals surface area contributed by atoms with Gasteiger partial charge in [-0.15, -0.1) is 0 Å². The molecule has 0 heterocycles. The molecule has 1 aromatic carbocycles. The molecule has 0 bridgehead atoms. The van der Waals surface area contributed by atoms with Gasteiger partial charge in [-0.3, -0.25) is 14.9 Å². The van der Waals surface area contributed by atoms with Crippen molar-refractivity contribution >= 4 is 23.1 Å². The van der Waals surface area contributed by atoms with Crippen molar-refractivity contribution in [2.45, 2.75) is 25.6 Å². The average molecular weight is 286 g/mol. The van der Waals surface area contributed by atoms with Gasteiger partial charge in [0.05, 0.1) is 9.95 Å². The van der Waals surface area contributed by atoms with Crippen LogP contribution >= 0.6 is 11.6 Å². The predicted octanol–water partition coefficient (Wildman–Crippen LogP) is 2.37. The van der Waals surface area contributed by atoms with Crippen molar-refractivity contribution in [2.24, 2.45) is 0 Å². The Kier molecular flexibility index (Phi) is 4.01. The Bertz CT molecular complexity index is 519. The SMILES string of the molecule is CCOC1C(=O)CC1Oc1ccc([N+](=O)[O-])cc1Cl. The largest absolute Gasteiger partial charge is 0.485 e. The van der Waals surface area contributed by atoms with Crippen LogP contribution in [0.25, 0.3) is 0 Å². The predicted molar refractivity (Wildman–Crippen MR) is 67.6 cm³/mol. The molecule has 2 unspecified atom stereocenters. The van der Waals surface area contributed by atoms with Crippen LogP contribution in [0.15, 0.2) is 18.2 Å². The summed E-state index contributed by atoms with van der Waals surface area (Å²) < 4.78 is 10.8. The van der Waals surface area contributed by atoms with Crippen molar-refractivity contribution < 1.29 is 19.2 Å². The molecule has 0 N–H and O–H groups in total. The van der Waals surface area contributed by atoms with Crippen molar-refractivity contribution in [3.63, 3.8) is 0 Å². The molecule has 0 amide bonds. The maximum atomic E-state index is 11.3. The summed E-state index contributed by atoms with van der Waals surface area (Å²) in [6, 6.07) is 3.94. The van der Waals surface area contributed by atoms with E-state index in [2.05, 4.69) is 0 Å². The molecular formula is C12H12ClNO5. The van der Waals surface area contributed by atoms with E-state index in [9.17, 15) is 14.9 Å². The van der Waals surface area contributed by atoms with Gasteiger partial charge in [-0.1, -0.05) is 11.6 Å². The van der Waals surface area contributed by atoms with Crippen LogP contribution in [-0.2, 0) is 9.53 Å². The topological polar surface area (TPSA) is 78.7 Å². The number of Topliss-reactive ketones (excluding diaryl/α,β-unsaturated/α-hetero) is 1. The number of nitro benzene ring substituents is 1. The minimum atomic E-state index is -0.573. The minimum Gasteiger partial charge on any atom is -0.485 e. The number of rotatable bonds is 5. The molecule has 2 atom stereocenters. The number of carbonyl (C=O) groups excluding carboxylic acids is 1. The van der Waals surface area contributed by atoms with E-state index in [0.29, 0.717) is 12.4 Å². The number of ether oxygens (including phenoxy) is 2. The third-order valence-electron chi connectivity index (χ3n) is 2.81. The van der Waals surface area contributed by atoms with E-state index in [1.54, 1.807) is 6.92 Å². The lowest BCUT2D eigenvalue weighted by atomic mass is 9.90. The molecule has 2 rings (SSSR count). The summed E-state index contributed by atoms with van der Waals surface area (Å²) in [5.74, 6) is 0.305. The van der Waals surface area contributed by atoms with Gasteiger partial charge in [0.25, 0.3) is 5.69 Å². The molecule has 0 radical (unpaired) electrons. The molecule has 19 heavy (non-hydrogen) atoms. The maximum Gasteiger partial charge on any atom is 0.271 e. The first-order valence-electron chi connectivity index (χ1n) is 5.78. The second-order valence-electron chi connectivity index (χ2n) is 4.07. The fraction of sp³-hybridized carbons (Fsp3) is 0.417. The molecule has 1 aliphatic carbocycles. The Labute approximate surface area is 114 Å². The first-order chi connectivity index (χ1) is 9.02. The van der Waals surface area contributed by atoms with Gasteiger partial charge in [-0.2, -0.15) is 0 Å². The molecule has 0 aliphatic heterocycles. The van der Waals surface area contributed by atoms with Crippen LogP contribution in [0.2, 0.25) is 5.02 Å². The molecule has 1 aliphatic rings. The van der Waals surface area contributed by atoms with E-state index in [1.807, 2.05) is 0 Å². The molecule has 1 aromatic rings. The van der Waals surface area contributed by atoms with E-state index in [4.69, 9.17) is 21.1 Å². The number of ketones is 1. The number of halogens is 1. The van der Waals surface area contributed by atoms with Gasteiger partial charge < -0.3 is 9.47 Å². The smallest absolute Gasteiger partial charge is 0.271 e. The lowest BCUT2D eigenvalue weighted by Gasteiger charge is -2.34. The third-order valence-corrected chi connectivity index (χ3v) is 3.10. The van der Waals surface area contributed by atoms with E-state index < -0.39 is 11.0 Å². The molecule has 102 valence electrons. The lowest BCUT2D eigenvalue weighted by Crippen LogP contribution is -2.52. The summed E-state index contributed by atoms with van der Waals surface area (Å²) in [5.41, 5.74) is -0.108. The zero-order chi connectivity index (χ0) is 14.0. The van der Waals surface area contributed by atoms with Crippen LogP contribution in [0.4, 0.5) is 5.69 Å². The highest BCUT2D eigenvalue weighted by atomic mass is 35.5. The normalized spacial score (nSPS) is 21.9. The van der Waals surface area contributed by atoms with Crippen molar-refractivity contribution in [1.82, 2.24) is 0 Å². The number of benzene rings is 1. The first-order valence-corrected chi connectivity index (χ1v) is 6.15. The Balaban J connectivity index is 2.08. The number of nitrogens with zero attached hydrogens (tertiary/aromatic N) is 1. The van der Waals surface area contributed by atoms with Crippen molar-refractivity contribution in [2.75, 3.05) is 6.61 Å². The maximum absolute atomic E-state index is 11.3.